The first-order valence-electron chi connectivity index (χ1n) is 5.13. The van der Waals surface area contributed by atoms with Crippen LogP contribution in [-0.2, 0) is 15.1 Å². The van der Waals surface area contributed by atoms with Gasteiger partial charge in [0.15, 0.2) is 0 Å². The summed E-state index contributed by atoms with van der Waals surface area (Å²) in [6.45, 7) is 3.70. The summed E-state index contributed by atoms with van der Waals surface area (Å²) in [6, 6.07) is 7.05. The molecule has 0 spiro atoms. The molecular formula is C12H17NO3. The number of benzene rings is 1. The van der Waals surface area contributed by atoms with Crippen LogP contribution in [-0.4, -0.2) is 19.7 Å². The largest absolute Gasteiger partial charge is 0.497 e. The second kappa shape index (κ2) is 4.99. The van der Waals surface area contributed by atoms with E-state index in [9.17, 15) is 4.79 Å². The highest BCUT2D eigenvalue weighted by Crippen LogP contribution is 2.22. The van der Waals surface area contributed by atoms with E-state index in [1.54, 1.807) is 45.2 Å². The summed E-state index contributed by atoms with van der Waals surface area (Å²) in [5, 5.41) is 0. The van der Waals surface area contributed by atoms with E-state index in [1.165, 1.54) is 0 Å². The quantitative estimate of drug-likeness (QED) is 0.784. The van der Waals surface area contributed by atoms with Gasteiger partial charge in [0.05, 0.1) is 13.7 Å². The molecule has 2 N–H and O–H groups in total. The number of esters is 1. The van der Waals surface area contributed by atoms with Gasteiger partial charge in [0.25, 0.3) is 0 Å². The molecule has 0 saturated heterocycles. The van der Waals surface area contributed by atoms with Gasteiger partial charge in [0.2, 0.25) is 0 Å². The molecule has 0 aliphatic carbocycles. The van der Waals surface area contributed by atoms with E-state index in [0.29, 0.717) is 12.2 Å². The maximum atomic E-state index is 11.6. The summed E-state index contributed by atoms with van der Waals surface area (Å²) >= 11 is 0. The average Bonchev–Trinajstić information content (AvgIpc) is 2.29. The molecule has 0 heterocycles. The van der Waals surface area contributed by atoms with Crippen LogP contribution in [0.1, 0.15) is 19.4 Å². The lowest BCUT2D eigenvalue weighted by molar-refractivity contribution is -0.149. The van der Waals surface area contributed by atoms with Crippen molar-refractivity contribution in [2.45, 2.75) is 19.4 Å². The van der Waals surface area contributed by atoms with E-state index in [0.717, 1.165) is 5.75 Å². The van der Waals surface area contributed by atoms with Gasteiger partial charge in [-0.3, -0.25) is 0 Å². The molecule has 16 heavy (non-hydrogen) atoms. The van der Waals surface area contributed by atoms with Gasteiger partial charge in [0.1, 0.15) is 11.3 Å². The minimum atomic E-state index is -1.12. The van der Waals surface area contributed by atoms with E-state index in [4.69, 9.17) is 15.2 Å². The first-order valence-corrected chi connectivity index (χ1v) is 5.13. The van der Waals surface area contributed by atoms with Gasteiger partial charge in [-0.15, -0.1) is 0 Å². The van der Waals surface area contributed by atoms with Crippen LogP contribution in [0.3, 0.4) is 0 Å². The first kappa shape index (κ1) is 12.5. The number of hydrogen-bond donors (Lipinski definition) is 1. The van der Waals surface area contributed by atoms with Gasteiger partial charge in [-0.05, 0) is 31.5 Å². The molecule has 1 aromatic rings. The minimum Gasteiger partial charge on any atom is -0.497 e. The third-order valence-electron chi connectivity index (χ3n) is 2.39. The van der Waals surface area contributed by atoms with Crippen LogP contribution in [0.15, 0.2) is 24.3 Å². The molecule has 0 saturated carbocycles. The molecule has 0 bridgehead atoms. The summed E-state index contributed by atoms with van der Waals surface area (Å²) in [5.41, 5.74) is 5.52. The highest BCUT2D eigenvalue weighted by atomic mass is 16.5. The molecule has 0 aliphatic rings. The van der Waals surface area contributed by atoms with Crippen molar-refractivity contribution < 1.29 is 14.3 Å². The van der Waals surface area contributed by atoms with E-state index in [1.807, 2.05) is 0 Å². The van der Waals surface area contributed by atoms with E-state index in [2.05, 4.69) is 0 Å². The van der Waals surface area contributed by atoms with Gasteiger partial charge in [-0.2, -0.15) is 0 Å². The van der Waals surface area contributed by atoms with Gasteiger partial charge in [-0.25, -0.2) is 4.79 Å². The predicted octanol–water partition coefficient (Wildman–Crippen LogP) is 1.43. The van der Waals surface area contributed by atoms with Crippen molar-refractivity contribution in [3.05, 3.63) is 29.8 Å². The number of hydrogen-bond acceptors (Lipinski definition) is 4. The Labute approximate surface area is 95.3 Å². The molecule has 4 heteroatoms. The van der Waals surface area contributed by atoms with Gasteiger partial charge < -0.3 is 15.2 Å². The lowest BCUT2D eigenvalue weighted by atomic mass is 9.93. The third kappa shape index (κ3) is 2.52. The summed E-state index contributed by atoms with van der Waals surface area (Å²) in [5.74, 6) is 0.295. The van der Waals surface area contributed by atoms with Crippen molar-refractivity contribution in [3.63, 3.8) is 0 Å². The van der Waals surface area contributed by atoms with Crippen molar-refractivity contribution in [1.82, 2.24) is 0 Å². The Balaban J connectivity index is 2.93. The molecule has 0 fully saturated rings. The average molecular weight is 223 g/mol. The zero-order valence-electron chi connectivity index (χ0n) is 9.82. The van der Waals surface area contributed by atoms with Crippen LogP contribution >= 0.6 is 0 Å². The summed E-state index contributed by atoms with van der Waals surface area (Å²) < 4.78 is 9.96. The molecule has 88 valence electrons. The molecule has 0 amide bonds. The summed E-state index contributed by atoms with van der Waals surface area (Å²) in [4.78, 5) is 11.6. The smallest absolute Gasteiger partial charge is 0.330 e. The molecular weight excluding hydrogens is 206 g/mol. The molecule has 4 nitrogen and oxygen atoms in total. The predicted molar refractivity (Wildman–Crippen MR) is 61.2 cm³/mol. The first-order chi connectivity index (χ1) is 7.52. The van der Waals surface area contributed by atoms with Crippen LogP contribution in [0.2, 0.25) is 0 Å². The zero-order chi connectivity index (χ0) is 12.2. The van der Waals surface area contributed by atoms with Gasteiger partial charge in [0, 0.05) is 0 Å². The fraction of sp³-hybridized carbons (Fsp3) is 0.417. The van der Waals surface area contributed by atoms with Crippen LogP contribution in [0.25, 0.3) is 0 Å². The normalized spacial score (nSPS) is 14.0. The van der Waals surface area contributed by atoms with Crippen molar-refractivity contribution in [2.75, 3.05) is 13.7 Å². The Morgan fingerprint density at radius 3 is 2.38 bits per heavy atom. The fourth-order valence-corrected chi connectivity index (χ4v) is 1.34. The van der Waals surface area contributed by atoms with Crippen molar-refractivity contribution in [1.29, 1.82) is 0 Å². The molecule has 1 atom stereocenters. The molecule has 1 unspecified atom stereocenters. The second-order valence-corrected chi connectivity index (χ2v) is 3.65. The molecule has 0 aromatic heterocycles. The number of rotatable bonds is 4. The SMILES string of the molecule is CCOC(=O)C(C)(N)c1ccc(OC)cc1. The Hall–Kier alpha value is -1.55. The van der Waals surface area contributed by atoms with E-state index in [-0.39, 0.29) is 0 Å². The standard InChI is InChI=1S/C12H17NO3/c1-4-16-11(14)12(2,13)9-5-7-10(15-3)8-6-9/h5-8H,4,13H2,1-3H3. The van der Waals surface area contributed by atoms with Crippen LogP contribution in [0, 0.1) is 0 Å². The van der Waals surface area contributed by atoms with Crippen molar-refractivity contribution >= 4 is 5.97 Å². The Kier molecular flexibility index (Phi) is 3.90. The molecule has 1 rings (SSSR count). The Bertz CT molecular complexity index is 357. The highest BCUT2D eigenvalue weighted by molar-refractivity contribution is 5.81. The van der Waals surface area contributed by atoms with Crippen molar-refractivity contribution in [2.24, 2.45) is 5.73 Å². The summed E-state index contributed by atoms with van der Waals surface area (Å²) in [7, 11) is 1.59. The van der Waals surface area contributed by atoms with Gasteiger partial charge in [-0.1, -0.05) is 12.1 Å². The van der Waals surface area contributed by atoms with Gasteiger partial charge >= 0.3 is 5.97 Å². The zero-order valence-corrected chi connectivity index (χ0v) is 9.82. The van der Waals surface area contributed by atoms with Crippen LogP contribution in [0.4, 0.5) is 0 Å². The molecule has 0 radical (unpaired) electrons. The van der Waals surface area contributed by atoms with E-state index < -0.39 is 11.5 Å². The number of carbonyl (C=O) groups excluding carboxylic acids is 1. The van der Waals surface area contributed by atoms with Crippen LogP contribution in [0.5, 0.6) is 5.75 Å². The van der Waals surface area contributed by atoms with E-state index >= 15 is 0 Å². The lowest BCUT2D eigenvalue weighted by Gasteiger charge is -2.22. The number of methoxy groups -OCH3 is 1. The van der Waals surface area contributed by atoms with Crippen LogP contribution < -0.4 is 10.5 Å². The highest BCUT2D eigenvalue weighted by Gasteiger charge is 2.31. The monoisotopic (exact) mass is 223 g/mol. The summed E-state index contributed by atoms with van der Waals surface area (Å²) in [6.07, 6.45) is 0. The number of nitrogens with two attached hydrogens (primary N) is 1. The second-order valence-electron chi connectivity index (χ2n) is 3.65. The topological polar surface area (TPSA) is 61.5 Å². The Morgan fingerprint density at radius 1 is 1.38 bits per heavy atom. The third-order valence-corrected chi connectivity index (χ3v) is 2.39. The maximum absolute atomic E-state index is 11.6. The number of ether oxygens (including phenoxy) is 2. The molecule has 0 aliphatic heterocycles. The molecule has 1 aromatic carbocycles. The fourth-order valence-electron chi connectivity index (χ4n) is 1.34. The van der Waals surface area contributed by atoms with Crippen molar-refractivity contribution in [3.8, 4) is 5.75 Å². The Morgan fingerprint density at radius 2 is 1.94 bits per heavy atom. The number of carbonyl (C=O) groups is 1. The lowest BCUT2D eigenvalue weighted by Crippen LogP contribution is -2.43. The maximum Gasteiger partial charge on any atom is 0.330 e. The minimum absolute atomic E-state index is 0.321.